The average Bonchev–Trinajstić information content (AvgIpc) is 2.21. The monoisotopic (exact) mass is 241 g/mol. The van der Waals surface area contributed by atoms with Gasteiger partial charge in [0.15, 0.2) is 0 Å². The number of anilines is 1. The molecule has 0 heterocycles. The van der Waals surface area contributed by atoms with Gasteiger partial charge in [-0.05, 0) is 30.3 Å². The zero-order chi connectivity index (χ0) is 12.1. The van der Waals surface area contributed by atoms with Gasteiger partial charge in [0.1, 0.15) is 0 Å². The summed E-state index contributed by atoms with van der Waals surface area (Å²) >= 11 is 6.04. The van der Waals surface area contributed by atoms with Gasteiger partial charge < -0.3 is 11.5 Å². The second kappa shape index (κ2) is 5.72. The molecule has 0 spiro atoms. The Labute approximate surface area is 100 Å². The molecule has 1 amide bonds. The van der Waals surface area contributed by atoms with Crippen LogP contribution in [-0.2, 0) is 11.3 Å². The molecule has 1 aromatic carbocycles. The predicted molar refractivity (Wildman–Crippen MR) is 66.0 cm³/mol. The zero-order valence-electron chi connectivity index (χ0n) is 9.24. The van der Waals surface area contributed by atoms with Gasteiger partial charge in [-0.3, -0.25) is 9.69 Å². The van der Waals surface area contributed by atoms with Crippen LogP contribution in [0.4, 0.5) is 5.69 Å². The van der Waals surface area contributed by atoms with Gasteiger partial charge in [0.25, 0.3) is 0 Å². The fourth-order valence-electron chi connectivity index (χ4n) is 1.46. The number of amides is 1. The van der Waals surface area contributed by atoms with Gasteiger partial charge in [0.05, 0.1) is 6.54 Å². The summed E-state index contributed by atoms with van der Waals surface area (Å²) in [5, 5.41) is 0.650. The van der Waals surface area contributed by atoms with Crippen molar-refractivity contribution >= 4 is 23.2 Å². The maximum atomic E-state index is 10.8. The Hall–Kier alpha value is -1.26. The molecule has 4 N–H and O–H groups in total. The molecule has 16 heavy (non-hydrogen) atoms. The Balaban J connectivity index is 2.77. The van der Waals surface area contributed by atoms with Crippen LogP contribution in [0.5, 0.6) is 0 Å². The molecular weight excluding hydrogens is 226 g/mol. The smallest absolute Gasteiger partial charge is 0.231 e. The van der Waals surface area contributed by atoms with Crippen LogP contribution < -0.4 is 11.5 Å². The highest BCUT2D eigenvalue weighted by Crippen LogP contribution is 2.20. The molecule has 1 aromatic rings. The van der Waals surface area contributed by atoms with Crippen LogP contribution in [0.25, 0.3) is 0 Å². The number of hydrogen-bond donors (Lipinski definition) is 2. The first-order valence-electron chi connectivity index (χ1n) is 5.07. The number of carbonyl (C=O) groups excluding carboxylic acids is 1. The molecule has 0 saturated heterocycles. The van der Waals surface area contributed by atoms with Gasteiger partial charge in [-0.25, -0.2) is 0 Å². The van der Waals surface area contributed by atoms with Crippen molar-refractivity contribution < 1.29 is 4.79 Å². The number of halogens is 1. The Morgan fingerprint density at radius 2 is 2.19 bits per heavy atom. The summed E-state index contributed by atoms with van der Waals surface area (Å²) in [5.74, 6) is -0.345. The fourth-order valence-corrected chi connectivity index (χ4v) is 1.63. The molecule has 0 atom stereocenters. The summed E-state index contributed by atoms with van der Waals surface area (Å²) in [5.41, 5.74) is 12.4. The van der Waals surface area contributed by atoms with Crippen LogP contribution in [0, 0.1) is 0 Å². The van der Waals surface area contributed by atoms with E-state index in [9.17, 15) is 4.79 Å². The molecule has 0 aliphatic heterocycles. The highest BCUT2D eigenvalue weighted by molar-refractivity contribution is 6.31. The SMILES string of the molecule is CCN(CC(N)=O)Cc1cc(N)ccc1Cl. The fraction of sp³-hybridized carbons (Fsp3) is 0.364. The van der Waals surface area contributed by atoms with Gasteiger partial charge in [-0.15, -0.1) is 0 Å². The van der Waals surface area contributed by atoms with Crippen molar-refractivity contribution in [3.8, 4) is 0 Å². The van der Waals surface area contributed by atoms with Gasteiger partial charge in [0, 0.05) is 17.3 Å². The Kier molecular flexibility index (Phi) is 4.58. The third kappa shape index (κ3) is 3.72. The number of nitrogen functional groups attached to an aromatic ring is 1. The highest BCUT2D eigenvalue weighted by atomic mass is 35.5. The second-order valence-corrected chi connectivity index (χ2v) is 4.03. The van der Waals surface area contributed by atoms with Crippen LogP contribution in [-0.4, -0.2) is 23.9 Å². The van der Waals surface area contributed by atoms with Crippen molar-refractivity contribution in [1.29, 1.82) is 0 Å². The predicted octanol–water partition coefficient (Wildman–Crippen LogP) is 1.23. The lowest BCUT2D eigenvalue weighted by Crippen LogP contribution is -2.33. The van der Waals surface area contributed by atoms with Crippen LogP contribution >= 0.6 is 11.6 Å². The lowest BCUT2D eigenvalue weighted by atomic mass is 10.2. The molecule has 0 aliphatic rings. The quantitative estimate of drug-likeness (QED) is 0.762. The van der Waals surface area contributed by atoms with E-state index in [2.05, 4.69) is 0 Å². The molecule has 4 nitrogen and oxygen atoms in total. The topological polar surface area (TPSA) is 72.3 Å². The molecule has 5 heteroatoms. The number of benzene rings is 1. The summed E-state index contributed by atoms with van der Waals surface area (Å²) in [7, 11) is 0. The lowest BCUT2D eigenvalue weighted by Gasteiger charge is -2.19. The van der Waals surface area contributed by atoms with E-state index in [1.54, 1.807) is 12.1 Å². The van der Waals surface area contributed by atoms with E-state index in [4.69, 9.17) is 23.1 Å². The molecule has 0 unspecified atom stereocenters. The number of carbonyl (C=O) groups is 1. The van der Waals surface area contributed by atoms with E-state index >= 15 is 0 Å². The number of likely N-dealkylation sites (N-methyl/N-ethyl adjacent to an activating group) is 1. The molecule has 0 radical (unpaired) electrons. The van der Waals surface area contributed by atoms with Gasteiger partial charge >= 0.3 is 0 Å². The number of primary amides is 1. The summed E-state index contributed by atoms with van der Waals surface area (Å²) < 4.78 is 0. The first-order chi connectivity index (χ1) is 7.52. The number of nitrogens with two attached hydrogens (primary N) is 2. The van der Waals surface area contributed by atoms with Crippen molar-refractivity contribution in [2.75, 3.05) is 18.8 Å². The minimum Gasteiger partial charge on any atom is -0.399 e. The van der Waals surface area contributed by atoms with Crippen molar-refractivity contribution in [3.05, 3.63) is 28.8 Å². The Bertz CT molecular complexity index is 381. The highest BCUT2D eigenvalue weighted by Gasteiger charge is 2.09. The van der Waals surface area contributed by atoms with E-state index in [0.717, 1.165) is 12.1 Å². The largest absolute Gasteiger partial charge is 0.399 e. The van der Waals surface area contributed by atoms with E-state index in [1.165, 1.54) is 0 Å². The van der Waals surface area contributed by atoms with Gasteiger partial charge in [-0.1, -0.05) is 18.5 Å². The third-order valence-corrected chi connectivity index (χ3v) is 2.66. The third-order valence-electron chi connectivity index (χ3n) is 2.29. The van der Waals surface area contributed by atoms with Crippen LogP contribution in [0.2, 0.25) is 5.02 Å². The molecule has 1 rings (SSSR count). The van der Waals surface area contributed by atoms with Gasteiger partial charge in [0.2, 0.25) is 5.91 Å². The molecule has 0 bridgehead atoms. The molecule has 0 aliphatic carbocycles. The van der Waals surface area contributed by atoms with Crippen LogP contribution in [0.3, 0.4) is 0 Å². The molecule has 0 aromatic heterocycles. The van der Waals surface area contributed by atoms with E-state index in [0.29, 0.717) is 17.3 Å². The molecule has 0 saturated carbocycles. The first-order valence-corrected chi connectivity index (χ1v) is 5.45. The van der Waals surface area contributed by atoms with Crippen LogP contribution in [0.1, 0.15) is 12.5 Å². The van der Waals surface area contributed by atoms with Crippen LogP contribution in [0.15, 0.2) is 18.2 Å². The molecule has 88 valence electrons. The Morgan fingerprint density at radius 1 is 1.50 bits per heavy atom. The normalized spacial score (nSPS) is 10.7. The molecular formula is C11H16ClN3O. The van der Waals surface area contributed by atoms with E-state index in [-0.39, 0.29) is 12.5 Å². The van der Waals surface area contributed by atoms with E-state index in [1.807, 2.05) is 17.9 Å². The van der Waals surface area contributed by atoms with Crippen molar-refractivity contribution in [1.82, 2.24) is 4.90 Å². The summed E-state index contributed by atoms with van der Waals surface area (Å²) in [6.07, 6.45) is 0. The molecule has 0 fully saturated rings. The number of nitrogens with zero attached hydrogens (tertiary/aromatic N) is 1. The minimum atomic E-state index is -0.345. The van der Waals surface area contributed by atoms with Gasteiger partial charge in [-0.2, -0.15) is 0 Å². The minimum absolute atomic E-state index is 0.224. The maximum Gasteiger partial charge on any atom is 0.231 e. The summed E-state index contributed by atoms with van der Waals surface area (Å²) in [4.78, 5) is 12.7. The zero-order valence-corrected chi connectivity index (χ0v) is 10.00. The maximum absolute atomic E-state index is 10.8. The van der Waals surface area contributed by atoms with Crippen molar-refractivity contribution in [3.63, 3.8) is 0 Å². The summed E-state index contributed by atoms with van der Waals surface area (Å²) in [6, 6.07) is 5.31. The summed E-state index contributed by atoms with van der Waals surface area (Å²) in [6.45, 7) is 3.49. The second-order valence-electron chi connectivity index (χ2n) is 3.62. The van der Waals surface area contributed by atoms with Crippen molar-refractivity contribution in [2.45, 2.75) is 13.5 Å². The number of hydrogen-bond acceptors (Lipinski definition) is 3. The number of rotatable bonds is 5. The average molecular weight is 242 g/mol. The van der Waals surface area contributed by atoms with E-state index < -0.39 is 0 Å². The van der Waals surface area contributed by atoms with Crippen molar-refractivity contribution in [2.24, 2.45) is 5.73 Å². The first kappa shape index (κ1) is 12.8. The lowest BCUT2D eigenvalue weighted by molar-refractivity contribution is -0.119. The Morgan fingerprint density at radius 3 is 2.75 bits per heavy atom. The standard InChI is InChI=1S/C11H16ClN3O/c1-2-15(7-11(14)16)6-8-5-9(13)3-4-10(8)12/h3-5H,2,6-7,13H2,1H3,(H2,14,16).